The van der Waals surface area contributed by atoms with Crippen molar-refractivity contribution in [1.29, 1.82) is 0 Å². The lowest BCUT2D eigenvalue weighted by molar-refractivity contribution is -0.129. The Bertz CT molecular complexity index is 143. The van der Waals surface area contributed by atoms with Gasteiger partial charge in [0.1, 0.15) is 6.10 Å². The van der Waals surface area contributed by atoms with Crippen LogP contribution < -0.4 is 11.1 Å². The third-order valence-corrected chi connectivity index (χ3v) is 2.07. The fourth-order valence-corrected chi connectivity index (χ4v) is 1.38. The molecule has 1 rings (SSSR count). The van der Waals surface area contributed by atoms with Crippen LogP contribution in [0.5, 0.6) is 0 Å². The van der Waals surface area contributed by atoms with Crippen LogP contribution in [0.25, 0.3) is 0 Å². The van der Waals surface area contributed by atoms with E-state index in [0.29, 0.717) is 6.54 Å². The molecular weight excluding hydrogens is 144 g/mol. The first-order valence-corrected chi connectivity index (χ1v) is 3.90. The van der Waals surface area contributed by atoms with Gasteiger partial charge in [0.25, 0.3) is 0 Å². The van der Waals surface area contributed by atoms with Crippen LogP contribution >= 0.6 is 0 Å². The van der Waals surface area contributed by atoms with Gasteiger partial charge in [-0.25, -0.2) is 0 Å². The van der Waals surface area contributed by atoms with Crippen molar-refractivity contribution in [3.63, 3.8) is 0 Å². The van der Waals surface area contributed by atoms with Crippen molar-refractivity contribution >= 4 is 5.91 Å². The Kier molecular flexibility index (Phi) is 2.84. The van der Waals surface area contributed by atoms with E-state index >= 15 is 0 Å². The summed E-state index contributed by atoms with van der Waals surface area (Å²) >= 11 is 0. The second kappa shape index (κ2) is 3.69. The molecule has 11 heavy (non-hydrogen) atoms. The molecule has 0 aromatic heterocycles. The number of carbonyl (C=O) groups is 1. The van der Waals surface area contributed by atoms with Gasteiger partial charge >= 0.3 is 0 Å². The number of hydrogen-bond donors (Lipinski definition) is 3. The molecule has 1 fully saturated rings. The summed E-state index contributed by atoms with van der Waals surface area (Å²) in [5.74, 6) is -0.597. The molecule has 0 saturated carbocycles. The Morgan fingerprint density at radius 2 is 2.45 bits per heavy atom. The van der Waals surface area contributed by atoms with Crippen molar-refractivity contribution in [1.82, 2.24) is 5.32 Å². The topological polar surface area (TPSA) is 75.4 Å². The SMILES string of the molecule is NC(=O)[C@@H](O)[C@@H]1CCCNC1. The molecule has 64 valence electrons. The number of piperidine rings is 1. The van der Waals surface area contributed by atoms with E-state index < -0.39 is 12.0 Å². The van der Waals surface area contributed by atoms with Crippen molar-refractivity contribution < 1.29 is 9.90 Å². The van der Waals surface area contributed by atoms with E-state index in [1.165, 1.54) is 0 Å². The Balaban J connectivity index is 2.38. The van der Waals surface area contributed by atoms with Gasteiger partial charge in [-0.3, -0.25) is 4.79 Å². The summed E-state index contributed by atoms with van der Waals surface area (Å²) in [7, 11) is 0. The summed E-state index contributed by atoms with van der Waals surface area (Å²) in [6, 6.07) is 0. The van der Waals surface area contributed by atoms with E-state index in [2.05, 4.69) is 5.32 Å². The van der Waals surface area contributed by atoms with Crippen LogP contribution in [-0.4, -0.2) is 30.2 Å². The van der Waals surface area contributed by atoms with Crippen LogP contribution in [-0.2, 0) is 4.79 Å². The molecule has 1 heterocycles. The van der Waals surface area contributed by atoms with E-state index in [1.54, 1.807) is 0 Å². The first-order valence-electron chi connectivity index (χ1n) is 3.90. The lowest BCUT2D eigenvalue weighted by atomic mass is 9.93. The Morgan fingerprint density at radius 3 is 2.91 bits per heavy atom. The molecule has 0 aromatic rings. The van der Waals surface area contributed by atoms with E-state index in [4.69, 9.17) is 5.73 Å². The summed E-state index contributed by atoms with van der Waals surface area (Å²) in [5, 5.41) is 12.3. The molecule has 1 amide bonds. The minimum absolute atomic E-state index is 0.0150. The highest BCUT2D eigenvalue weighted by Gasteiger charge is 2.25. The van der Waals surface area contributed by atoms with Gasteiger partial charge in [-0.1, -0.05) is 0 Å². The fourth-order valence-electron chi connectivity index (χ4n) is 1.38. The smallest absolute Gasteiger partial charge is 0.246 e. The fraction of sp³-hybridized carbons (Fsp3) is 0.857. The minimum atomic E-state index is -0.970. The highest BCUT2D eigenvalue weighted by atomic mass is 16.3. The van der Waals surface area contributed by atoms with Gasteiger partial charge in [-0.15, -0.1) is 0 Å². The average Bonchev–Trinajstić information content (AvgIpc) is 2.05. The molecule has 0 aromatic carbocycles. The molecule has 0 aliphatic carbocycles. The van der Waals surface area contributed by atoms with Crippen LogP contribution in [0.4, 0.5) is 0 Å². The molecular formula is C7H14N2O2. The van der Waals surface area contributed by atoms with Crippen molar-refractivity contribution in [2.24, 2.45) is 11.7 Å². The number of nitrogens with two attached hydrogens (primary N) is 1. The normalized spacial score (nSPS) is 27.9. The predicted octanol–water partition coefficient (Wildman–Crippen LogP) is -1.17. The quantitative estimate of drug-likeness (QED) is 0.474. The Labute approximate surface area is 65.8 Å². The number of nitrogens with one attached hydrogen (secondary N) is 1. The van der Waals surface area contributed by atoms with Crippen LogP contribution in [0.2, 0.25) is 0 Å². The Hall–Kier alpha value is -0.610. The number of carbonyl (C=O) groups excluding carboxylic acids is 1. The Morgan fingerprint density at radius 1 is 1.73 bits per heavy atom. The van der Waals surface area contributed by atoms with Gasteiger partial charge in [-0.2, -0.15) is 0 Å². The molecule has 0 radical (unpaired) electrons. The molecule has 4 heteroatoms. The van der Waals surface area contributed by atoms with E-state index in [9.17, 15) is 9.90 Å². The second-order valence-corrected chi connectivity index (χ2v) is 2.95. The van der Waals surface area contributed by atoms with Crippen LogP contribution in [0.15, 0.2) is 0 Å². The standard InChI is InChI=1S/C7H14N2O2/c8-7(11)6(10)5-2-1-3-9-4-5/h5-6,9-10H,1-4H2,(H2,8,11)/t5-,6+/m1/s1. The van der Waals surface area contributed by atoms with Gasteiger partial charge in [0, 0.05) is 12.5 Å². The average molecular weight is 158 g/mol. The number of aliphatic hydroxyl groups is 1. The van der Waals surface area contributed by atoms with Crippen LogP contribution in [0, 0.1) is 5.92 Å². The molecule has 1 aliphatic heterocycles. The zero-order chi connectivity index (χ0) is 8.27. The van der Waals surface area contributed by atoms with E-state index in [-0.39, 0.29) is 5.92 Å². The lowest BCUT2D eigenvalue weighted by Gasteiger charge is -2.25. The van der Waals surface area contributed by atoms with Crippen molar-refractivity contribution in [3.8, 4) is 0 Å². The molecule has 0 spiro atoms. The summed E-state index contributed by atoms with van der Waals surface area (Å²) in [5.41, 5.74) is 4.95. The number of hydrogen-bond acceptors (Lipinski definition) is 3. The summed E-state index contributed by atoms with van der Waals surface area (Å²) in [6.45, 7) is 1.67. The summed E-state index contributed by atoms with van der Waals surface area (Å²) in [6.07, 6.45) is 0.925. The van der Waals surface area contributed by atoms with Gasteiger partial charge in [-0.05, 0) is 19.4 Å². The lowest BCUT2D eigenvalue weighted by Crippen LogP contribution is -2.43. The maximum atomic E-state index is 10.5. The number of amides is 1. The third kappa shape index (κ3) is 2.17. The van der Waals surface area contributed by atoms with Gasteiger partial charge in [0.15, 0.2) is 0 Å². The van der Waals surface area contributed by atoms with Crippen molar-refractivity contribution in [3.05, 3.63) is 0 Å². The van der Waals surface area contributed by atoms with Crippen molar-refractivity contribution in [2.45, 2.75) is 18.9 Å². The third-order valence-electron chi connectivity index (χ3n) is 2.07. The summed E-state index contributed by atoms with van der Waals surface area (Å²) in [4.78, 5) is 10.5. The minimum Gasteiger partial charge on any atom is -0.383 e. The number of rotatable bonds is 2. The zero-order valence-electron chi connectivity index (χ0n) is 6.42. The monoisotopic (exact) mass is 158 g/mol. The molecule has 1 saturated heterocycles. The molecule has 0 bridgehead atoms. The molecule has 4 N–H and O–H groups in total. The van der Waals surface area contributed by atoms with Gasteiger partial charge < -0.3 is 16.2 Å². The molecule has 1 aliphatic rings. The number of primary amides is 1. The highest BCUT2D eigenvalue weighted by molar-refractivity contribution is 5.78. The molecule has 0 unspecified atom stereocenters. The molecule has 2 atom stereocenters. The van der Waals surface area contributed by atoms with Gasteiger partial charge in [0.05, 0.1) is 0 Å². The number of aliphatic hydroxyl groups excluding tert-OH is 1. The van der Waals surface area contributed by atoms with E-state index in [1.807, 2.05) is 0 Å². The van der Waals surface area contributed by atoms with Crippen LogP contribution in [0.3, 0.4) is 0 Å². The largest absolute Gasteiger partial charge is 0.383 e. The van der Waals surface area contributed by atoms with Crippen LogP contribution in [0.1, 0.15) is 12.8 Å². The van der Waals surface area contributed by atoms with Gasteiger partial charge in [0.2, 0.25) is 5.91 Å². The maximum absolute atomic E-state index is 10.5. The van der Waals surface area contributed by atoms with Crippen molar-refractivity contribution in [2.75, 3.05) is 13.1 Å². The first-order chi connectivity index (χ1) is 5.22. The first kappa shape index (κ1) is 8.49. The summed E-state index contributed by atoms with van der Waals surface area (Å²) < 4.78 is 0. The zero-order valence-corrected chi connectivity index (χ0v) is 6.42. The highest BCUT2D eigenvalue weighted by Crippen LogP contribution is 2.13. The maximum Gasteiger partial charge on any atom is 0.246 e. The second-order valence-electron chi connectivity index (χ2n) is 2.95. The molecule has 4 nitrogen and oxygen atoms in total. The van der Waals surface area contributed by atoms with E-state index in [0.717, 1.165) is 19.4 Å². The predicted molar refractivity (Wildman–Crippen MR) is 40.8 cm³/mol.